The van der Waals surface area contributed by atoms with E-state index >= 15 is 0 Å². The molecule has 0 aliphatic carbocycles. The van der Waals surface area contributed by atoms with E-state index in [2.05, 4.69) is 15.9 Å². The van der Waals surface area contributed by atoms with E-state index in [-0.39, 0.29) is 11.6 Å². The summed E-state index contributed by atoms with van der Waals surface area (Å²) in [6.07, 6.45) is 0. The lowest BCUT2D eigenvalue weighted by atomic mass is 10.1. The Morgan fingerprint density at radius 3 is 2.50 bits per heavy atom. The second kappa shape index (κ2) is 3.35. The SMILES string of the molecule is CC(=O)c1cc(F)c(C)c(Br)c1. The van der Waals surface area contributed by atoms with Crippen LogP contribution in [0.25, 0.3) is 0 Å². The quantitative estimate of drug-likeness (QED) is 0.678. The average Bonchev–Trinajstić information content (AvgIpc) is 1.99. The van der Waals surface area contributed by atoms with Crippen LogP contribution in [-0.4, -0.2) is 5.78 Å². The molecule has 0 atom stereocenters. The van der Waals surface area contributed by atoms with Crippen molar-refractivity contribution in [3.8, 4) is 0 Å². The molecule has 0 fully saturated rings. The zero-order valence-electron chi connectivity index (χ0n) is 6.82. The molecule has 0 bridgehead atoms. The van der Waals surface area contributed by atoms with Crippen LogP contribution in [0.4, 0.5) is 4.39 Å². The van der Waals surface area contributed by atoms with Gasteiger partial charge in [-0.1, -0.05) is 15.9 Å². The molecule has 3 heteroatoms. The van der Waals surface area contributed by atoms with Crippen molar-refractivity contribution in [2.45, 2.75) is 13.8 Å². The molecule has 1 aromatic rings. The predicted molar refractivity (Wildman–Crippen MR) is 48.8 cm³/mol. The zero-order valence-corrected chi connectivity index (χ0v) is 8.40. The van der Waals surface area contributed by atoms with Crippen LogP contribution in [0.3, 0.4) is 0 Å². The maximum atomic E-state index is 13.0. The summed E-state index contributed by atoms with van der Waals surface area (Å²) < 4.78 is 13.7. The van der Waals surface area contributed by atoms with Crippen LogP contribution in [0.2, 0.25) is 0 Å². The number of hydrogen-bond donors (Lipinski definition) is 0. The van der Waals surface area contributed by atoms with Crippen LogP contribution in [0.5, 0.6) is 0 Å². The van der Waals surface area contributed by atoms with E-state index < -0.39 is 0 Å². The number of carbonyl (C=O) groups is 1. The van der Waals surface area contributed by atoms with E-state index in [0.717, 1.165) is 0 Å². The normalized spacial score (nSPS) is 10.0. The number of benzene rings is 1. The fourth-order valence-corrected chi connectivity index (χ4v) is 1.28. The smallest absolute Gasteiger partial charge is 0.159 e. The Kier molecular flexibility index (Phi) is 2.62. The number of hydrogen-bond acceptors (Lipinski definition) is 1. The van der Waals surface area contributed by atoms with Gasteiger partial charge in [-0.25, -0.2) is 4.39 Å². The van der Waals surface area contributed by atoms with Gasteiger partial charge in [-0.2, -0.15) is 0 Å². The van der Waals surface area contributed by atoms with Crippen LogP contribution < -0.4 is 0 Å². The van der Waals surface area contributed by atoms with Crippen molar-refractivity contribution < 1.29 is 9.18 Å². The van der Waals surface area contributed by atoms with Gasteiger partial charge in [0.05, 0.1) is 0 Å². The highest BCUT2D eigenvalue weighted by molar-refractivity contribution is 9.10. The van der Waals surface area contributed by atoms with Crippen molar-refractivity contribution in [2.75, 3.05) is 0 Å². The maximum absolute atomic E-state index is 13.0. The summed E-state index contributed by atoms with van der Waals surface area (Å²) >= 11 is 3.17. The summed E-state index contributed by atoms with van der Waals surface area (Å²) in [5, 5.41) is 0. The summed E-state index contributed by atoms with van der Waals surface area (Å²) in [4.78, 5) is 10.9. The number of Topliss-reactive ketones (excluding diaryl/α,β-unsaturated/α-hetero) is 1. The van der Waals surface area contributed by atoms with Crippen LogP contribution in [0, 0.1) is 12.7 Å². The molecule has 0 saturated carbocycles. The molecule has 0 amide bonds. The minimum atomic E-state index is -0.352. The molecule has 0 heterocycles. The van der Waals surface area contributed by atoms with E-state index in [1.54, 1.807) is 13.0 Å². The molecule has 0 radical (unpaired) electrons. The van der Waals surface area contributed by atoms with Gasteiger partial charge < -0.3 is 0 Å². The van der Waals surface area contributed by atoms with Crippen molar-refractivity contribution in [1.82, 2.24) is 0 Å². The molecule has 0 aliphatic heterocycles. The first-order chi connectivity index (χ1) is 5.52. The average molecular weight is 231 g/mol. The van der Waals surface area contributed by atoms with Crippen molar-refractivity contribution in [2.24, 2.45) is 0 Å². The first kappa shape index (κ1) is 9.39. The van der Waals surface area contributed by atoms with Gasteiger partial charge in [0.2, 0.25) is 0 Å². The monoisotopic (exact) mass is 230 g/mol. The molecule has 12 heavy (non-hydrogen) atoms. The lowest BCUT2D eigenvalue weighted by molar-refractivity contribution is 0.101. The van der Waals surface area contributed by atoms with Gasteiger partial charge >= 0.3 is 0 Å². The van der Waals surface area contributed by atoms with E-state index in [1.807, 2.05) is 0 Å². The molecule has 0 unspecified atom stereocenters. The molecule has 0 aliphatic rings. The van der Waals surface area contributed by atoms with E-state index in [4.69, 9.17) is 0 Å². The predicted octanol–water partition coefficient (Wildman–Crippen LogP) is 3.10. The Balaban J connectivity index is 3.31. The van der Waals surface area contributed by atoms with Crippen molar-refractivity contribution in [3.63, 3.8) is 0 Å². The lowest BCUT2D eigenvalue weighted by Crippen LogP contribution is -1.95. The topological polar surface area (TPSA) is 17.1 Å². The van der Waals surface area contributed by atoms with Crippen molar-refractivity contribution in [3.05, 3.63) is 33.5 Å². The largest absolute Gasteiger partial charge is 0.295 e. The molecular formula is C9H8BrFO. The van der Waals surface area contributed by atoms with Crippen LogP contribution in [-0.2, 0) is 0 Å². The summed E-state index contributed by atoms with van der Waals surface area (Å²) in [6, 6.07) is 2.88. The Hall–Kier alpha value is -0.700. The second-order valence-corrected chi connectivity index (χ2v) is 3.48. The Morgan fingerprint density at radius 1 is 1.50 bits per heavy atom. The number of halogens is 2. The maximum Gasteiger partial charge on any atom is 0.159 e. The Labute approximate surface area is 78.7 Å². The third-order valence-electron chi connectivity index (χ3n) is 1.69. The van der Waals surface area contributed by atoms with Gasteiger partial charge in [-0.15, -0.1) is 0 Å². The summed E-state index contributed by atoms with van der Waals surface area (Å²) in [7, 11) is 0. The molecule has 64 valence electrons. The van der Waals surface area contributed by atoms with E-state index in [1.165, 1.54) is 13.0 Å². The number of rotatable bonds is 1. The molecule has 1 rings (SSSR count). The fourth-order valence-electron chi connectivity index (χ4n) is 0.849. The highest BCUT2D eigenvalue weighted by atomic mass is 79.9. The van der Waals surface area contributed by atoms with E-state index in [0.29, 0.717) is 15.6 Å². The summed E-state index contributed by atoms with van der Waals surface area (Å²) in [6.45, 7) is 3.07. The second-order valence-electron chi connectivity index (χ2n) is 2.62. The zero-order chi connectivity index (χ0) is 9.30. The van der Waals surface area contributed by atoms with Crippen molar-refractivity contribution in [1.29, 1.82) is 0 Å². The van der Waals surface area contributed by atoms with Crippen LogP contribution >= 0.6 is 15.9 Å². The Bertz CT molecular complexity index is 310. The molecule has 0 N–H and O–H groups in total. The summed E-state index contributed by atoms with van der Waals surface area (Å²) in [5.41, 5.74) is 0.921. The highest BCUT2D eigenvalue weighted by Gasteiger charge is 2.07. The minimum absolute atomic E-state index is 0.130. The highest BCUT2D eigenvalue weighted by Crippen LogP contribution is 2.21. The van der Waals surface area contributed by atoms with Gasteiger partial charge in [0.1, 0.15) is 5.82 Å². The van der Waals surface area contributed by atoms with E-state index in [9.17, 15) is 9.18 Å². The van der Waals surface area contributed by atoms with Crippen LogP contribution in [0.15, 0.2) is 16.6 Å². The van der Waals surface area contributed by atoms with Crippen molar-refractivity contribution >= 4 is 21.7 Å². The van der Waals surface area contributed by atoms with Gasteiger partial charge in [0.15, 0.2) is 5.78 Å². The standard InChI is InChI=1S/C9H8BrFO/c1-5-8(10)3-7(6(2)12)4-9(5)11/h3-4H,1-2H3. The third-order valence-corrected chi connectivity index (χ3v) is 2.51. The fraction of sp³-hybridized carbons (Fsp3) is 0.222. The van der Waals surface area contributed by atoms with Gasteiger partial charge in [-0.05, 0) is 31.5 Å². The molecule has 0 aromatic heterocycles. The minimum Gasteiger partial charge on any atom is -0.295 e. The van der Waals surface area contributed by atoms with Crippen LogP contribution in [0.1, 0.15) is 22.8 Å². The number of carbonyl (C=O) groups excluding carboxylic acids is 1. The van der Waals surface area contributed by atoms with Gasteiger partial charge in [0, 0.05) is 10.0 Å². The third kappa shape index (κ3) is 1.72. The lowest BCUT2D eigenvalue weighted by Gasteiger charge is -2.02. The molecule has 0 spiro atoms. The molecular weight excluding hydrogens is 223 g/mol. The molecule has 0 saturated heterocycles. The number of ketones is 1. The first-order valence-electron chi connectivity index (χ1n) is 3.49. The molecule has 1 nitrogen and oxygen atoms in total. The van der Waals surface area contributed by atoms with Gasteiger partial charge in [0.25, 0.3) is 0 Å². The molecule has 1 aromatic carbocycles. The first-order valence-corrected chi connectivity index (χ1v) is 4.28. The van der Waals surface area contributed by atoms with Gasteiger partial charge in [-0.3, -0.25) is 4.79 Å². The Morgan fingerprint density at radius 2 is 2.08 bits per heavy atom. The summed E-state index contributed by atoms with van der Waals surface area (Å²) in [5.74, 6) is -0.482.